The Bertz CT molecular complexity index is 454. The second-order valence-corrected chi connectivity index (χ2v) is 6.09. The van der Waals surface area contributed by atoms with E-state index < -0.39 is 10.0 Å². The topological polar surface area (TPSA) is 62.3 Å². The van der Waals surface area contributed by atoms with Crippen LogP contribution in [0, 0.1) is 0 Å². The SMILES string of the molecule is CNCc1ccc(S(=O)(=O)N(C)C(C)C)nc1. The Labute approximate surface area is 103 Å². The van der Waals surface area contributed by atoms with Crippen molar-refractivity contribution in [2.45, 2.75) is 31.5 Å². The predicted octanol–water partition coefficient (Wildman–Crippen LogP) is 0.830. The molecule has 1 aromatic heterocycles. The second kappa shape index (κ2) is 5.57. The van der Waals surface area contributed by atoms with Crippen molar-refractivity contribution in [1.29, 1.82) is 0 Å². The largest absolute Gasteiger partial charge is 0.316 e. The van der Waals surface area contributed by atoms with Crippen LogP contribution in [0.1, 0.15) is 19.4 Å². The fourth-order valence-electron chi connectivity index (χ4n) is 1.30. The molecule has 1 aromatic rings. The lowest BCUT2D eigenvalue weighted by molar-refractivity contribution is 0.408. The summed E-state index contributed by atoms with van der Waals surface area (Å²) in [7, 11) is -0.0789. The molecule has 0 saturated carbocycles. The zero-order chi connectivity index (χ0) is 13.1. The van der Waals surface area contributed by atoms with Gasteiger partial charge in [0.1, 0.15) is 0 Å². The van der Waals surface area contributed by atoms with Gasteiger partial charge in [-0.15, -0.1) is 0 Å². The van der Waals surface area contributed by atoms with Crippen molar-refractivity contribution in [2.24, 2.45) is 0 Å². The van der Waals surface area contributed by atoms with Crippen LogP contribution >= 0.6 is 0 Å². The minimum Gasteiger partial charge on any atom is -0.316 e. The van der Waals surface area contributed by atoms with Gasteiger partial charge in [0.2, 0.25) is 0 Å². The van der Waals surface area contributed by atoms with E-state index in [2.05, 4.69) is 10.3 Å². The molecule has 0 aliphatic heterocycles. The Morgan fingerprint density at radius 1 is 1.41 bits per heavy atom. The molecule has 1 N–H and O–H groups in total. The van der Waals surface area contributed by atoms with Gasteiger partial charge in [0.15, 0.2) is 5.03 Å². The average molecular weight is 257 g/mol. The summed E-state index contributed by atoms with van der Waals surface area (Å²) in [5.41, 5.74) is 0.957. The van der Waals surface area contributed by atoms with Gasteiger partial charge in [0, 0.05) is 25.8 Å². The normalized spacial score (nSPS) is 12.4. The number of sulfonamides is 1. The molecule has 0 atom stereocenters. The fraction of sp³-hybridized carbons (Fsp3) is 0.545. The van der Waals surface area contributed by atoms with E-state index in [1.54, 1.807) is 25.4 Å². The molecule has 1 rings (SSSR count). The molecular formula is C11H19N3O2S. The molecule has 17 heavy (non-hydrogen) atoms. The Balaban J connectivity index is 3.00. The maximum atomic E-state index is 12.1. The van der Waals surface area contributed by atoms with Crippen molar-refractivity contribution in [3.63, 3.8) is 0 Å². The van der Waals surface area contributed by atoms with E-state index in [1.807, 2.05) is 20.9 Å². The summed E-state index contributed by atoms with van der Waals surface area (Å²) in [5.74, 6) is 0. The fourth-order valence-corrected chi connectivity index (χ4v) is 2.57. The van der Waals surface area contributed by atoms with Crippen LogP contribution in [0.15, 0.2) is 23.4 Å². The molecule has 0 bridgehead atoms. The highest BCUT2D eigenvalue weighted by Crippen LogP contribution is 2.14. The molecule has 0 aliphatic carbocycles. The summed E-state index contributed by atoms with van der Waals surface area (Å²) < 4.78 is 25.5. The third-order valence-corrected chi connectivity index (χ3v) is 4.50. The van der Waals surface area contributed by atoms with Crippen LogP contribution in [0.2, 0.25) is 0 Å². The predicted molar refractivity (Wildman–Crippen MR) is 67.1 cm³/mol. The van der Waals surface area contributed by atoms with E-state index in [0.29, 0.717) is 6.54 Å². The zero-order valence-electron chi connectivity index (χ0n) is 10.6. The van der Waals surface area contributed by atoms with Crippen molar-refractivity contribution < 1.29 is 8.42 Å². The van der Waals surface area contributed by atoms with Crippen LogP contribution in [-0.2, 0) is 16.6 Å². The maximum absolute atomic E-state index is 12.1. The number of nitrogens with one attached hydrogen (secondary N) is 1. The highest BCUT2D eigenvalue weighted by atomic mass is 32.2. The first kappa shape index (κ1) is 14.1. The maximum Gasteiger partial charge on any atom is 0.260 e. The van der Waals surface area contributed by atoms with Gasteiger partial charge in [0.25, 0.3) is 10.0 Å². The minimum absolute atomic E-state index is 0.0845. The van der Waals surface area contributed by atoms with Crippen LogP contribution in [-0.4, -0.2) is 37.8 Å². The first-order valence-corrected chi connectivity index (χ1v) is 6.91. The van der Waals surface area contributed by atoms with Gasteiger partial charge >= 0.3 is 0 Å². The molecule has 1 heterocycles. The van der Waals surface area contributed by atoms with Crippen molar-refractivity contribution in [1.82, 2.24) is 14.6 Å². The summed E-state index contributed by atoms with van der Waals surface area (Å²) in [6.07, 6.45) is 1.58. The van der Waals surface area contributed by atoms with E-state index >= 15 is 0 Å². The second-order valence-electron chi connectivity index (χ2n) is 4.15. The summed E-state index contributed by atoms with van der Waals surface area (Å²) in [6, 6.07) is 3.23. The smallest absolute Gasteiger partial charge is 0.260 e. The van der Waals surface area contributed by atoms with Gasteiger partial charge in [-0.2, -0.15) is 4.31 Å². The quantitative estimate of drug-likeness (QED) is 0.848. The van der Waals surface area contributed by atoms with Crippen molar-refractivity contribution in [2.75, 3.05) is 14.1 Å². The third-order valence-electron chi connectivity index (χ3n) is 2.55. The molecule has 0 fully saturated rings. The molecule has 96 valence electrons. The summed E-state index contributed by atoms with van der Waals surface area (Å²) in [5, 5.41) is 3.07. The highest BCUT2D eigenvalue weighted by Gasteiger charge is 2.24. The van der Waals surface area contributed by atoms with E-state index in [9.17, 15) is 8.42 Å². The van der Waals surface area contributed by atoms with Crippen molar-refractivity contribution in [3.05, 3.63) is 23.9 Å². The zero-order valence-corrected chi connectivity index (χ0v) is 11.5. The monoisotopic (exact) mass is 257 g/mol. The van der Waals surface area contributed by atoms with E-state index in [4.69, 9.17) is 0 Å². The van der Waals surface area contributed by atoms with E-state index in [0.717, 1.165) is 5.56 Å². The summed E-state index contributed by atoms with van der Waals surface area (Å²) >= 11 is 0. The van der Waals surface area contributed by atoms with Crippen LogP contribution < -0.4 is 5.32 Å². The Morgan fingerprint density at radius 2 is 2.06 bits per heavy atom. The molecule has 0 saturated heterocycles. The van der Waals surface area contributed by atoms with E-state index in [-0.39, 0.29) is 11.1 Å². The van der Waals surface area contributed by atoms with Crippen molar-refractivity contribution >= 4 is 10.0 Å². The third kappa shape index (κ3) is 3.24. The average Bonchev–Trinajstić information content (AvgIpc) is 2.29. The molecule has 0 spiro atoms. The Morgan fingerprint density at radius 3 is 2.47 bits per heavy atom. The number of hydrogen-bond donors (Lipinski definition) is 1. The Hall–Kier alpha value is -0.980. The molecule has 0 unspecified atom stereocenters. The summed E-state index contributed by atoms with van der Waals surface area (Å²) in [6.45, 7) is 4.33. The highest BCUT2D eigenvalue weighted by molar-refractivity contribution is 7.89. The van der Waals surface area contributed by atoms with Gasteiger partial charge < -0.3 is 5.32 Å². The lowest BCUT2D eigenvalue weighted by atomic mass is 10.3. The van der Waals surface area contributed by atoms with Crippen LogP contribution in [0.4, 0.5) is 0 Å². The first-order valence-electron chi connectivity index (χ1n) is 5.47. The summed E-state index contributed by atoms with van der Waals surface area (Å²) in [4.78, 5) is 4.00. The Kier molecular flexibility index (Phi) is 4.62. The minimum atomic E-state index is -3.47. The molecule has 0 amide bonds. The lowest BCUT2D eigenvalue weighted by Gasteiger charge is -2.20. The van der Waals surface area contributed by atoms with E-state index in [1.165, 1.54) is 4.31 Å². The lowest BCUT2D eigenvalue weighted by Crippen LogP contribution is -2.33. The molecule has 0 radical (unpaired) electrons. The number of nitrogens with zero attached hydrogens (tertiary/aromatic N) is 2. The van der Waals surface area contributed by atoms with Crippen LogP contribution in [0.25, 0.3) is 0 Å². The molecule has 0 aliphatic rings. The number of rotatable bonds is 5. The van der Waals surface area contributed by atoms with Crippen LogP contribution in [0.5, 0.6) is 0 Å². The first-order chi connectivity index (χ1) is 7.89. The molecule has 0 aromatic carbocycles. The van der Waals surface area contributed by atoms with Crippen molar-refractivity contribution in [3.8, 4) is 0 Å². The molecular weight excluding hydrogens is 238 g/mol. The number of hydrogen-bond acceptors (Lipinski definition) is 4. The van der Waals surface area contributed by atoms with Crippen LogP contribution in [0.3, 0.4) is 0 Å². The molecule has 6 heteroatoms. The molecule has 5 nitrogen and oxygen atoms in total. The number of aromatic nitrogens is 1. The van der Waals surface area contributed by atoms with Gasteiger partial charge in [-0.3, -0.25) is 0 Å². The van der Waals surface area contributed by atoms with Gasteiger partial charge in [-0.25, -0.2) is 13.4 Å². The van der Waals surface area contributed by atoms with Gasteiger partial charge in [-0.05, 0) is 32.5 Å². The van der Waals surface area contributed by atoms with Gasteiger partial charge in [-0.1, -0.05) is 6.07 Å². The standard InChI is InChI=1S/C11H19N3O2S/c1-9(2)14(4)17(15,16)11-6-5-10(7-12-3)8-13-11/h5-6,8-9,12H,7H2,1-4H3. The number of pyridine rings is 1. The van der Waals surface area contributed by atoms with Gasteiger partial charge in [0.05, 0.1) is 0 Å².